The van der Waals surface area contributed by atoms with Crippen molar-refractivity contribution in [3.05, 3.63) is 22.4 Å². The first-order valence-corrected chi connectivity index (χ1v) is 5.58. The average molecular weight is 213 g/mol. The minimum absolute atomic E-state index is 0.0678. The minimum atomic E-state index is -0.401. The number of aromatic nitrogens is 1. The van der Waals surface area contributed by atoms with Crippen LogP contribution in [0.25, 0.3) is 0 Å². The number of anilines is 1. The average Bonchev–Trinajstić information content (AvgIpc) is 2.68. The number of hydrogen-bond donors (Lipinski definition) is 1. The fraction of sp³-hybridized carbons (Fsp3) is 0.500. The number of nitrogens with zero attached hydrogens (tertiary/aromatic N) is 2. The molecule has 1 aromatic heterocycles. The Balaban J connectivity index is 2.11. The van der Waals surface area contributed by atoms with E-state index in [0.29, 0.717) is 0 Å². The summed E-state index contributed by atoms with van der Waals surface area (Å²) in [6, 6.07) is 1.59. The van der Waals surface area contributed by atoms with Crippen LogP contribution in [0.3, 0.4) is 0 Å². The molecule has 0 saturated carbocycles. The summed E-state index contributed by atoms with van der Waals surface area (Å²) in [6.07, 6.45) is 1.70. The molecule has 1 aromatic rings. The first-order valence-electron chi connectivity index (χ1n) is 4.43. The molecule has 1 fully saturated rings. The highest BCUT2D eigenvalue weighted by atomic mass is 32.2. The number of H-pyrrole nitrogens is 1. The van der Waals surface area contributed by atoms with Crippen LogP contribution < -0.4 is 4.90 Å². The van der Waals surface area contributed by atoms with Crippen molar-refractivity contribution in [2.75, 3.05) is 29.5 Å². The van der Waals surface area contributed by atoms with Gasteiger partial charge in [-0.1, -0.05) is 0 Å². The van der Waals surface area contributed by atoms with Crippen molar-refractivity contribution in [1.29, 1.82) is 0 Å². The molecule has 1 N–H and O–H groups in total. The second-order valence-corrected chi connectivity index (χ2v) is 4.32. The van der Waals surface area contributed by atoms with Crippen LogP contribution in [0.1, 0.15) is 0 Å². The van der Waals surface area contributed by atoms with E-state index in [1.807, 2.05) is 11.8 Å². The Bertz CT molecular complexity index is 333. The van der Waals surface area contributed by atoms with Crippen LogP contribution in [0.4, 0.5) is 11.5 Å². The standard InChI is InChI=1S/C8H11N3O2S/c12-11(13)8-5-7(6-9-8)10-1-3-14-4-2-10/h5-6,9H,1-4H2. The lowest BCUT2D eigenvalue weighted by atomic mass is 10.4. The molecule has 1 saturated heterocycles. The third kappa shape index (κ3) is 1.84. The third-order valence-corrected chi connectivity index (χ3v) is 3.17. The second-order valence-electron chi connectivity index (χ2n) is 3.10. The Hall–Kier alpha value is -1.17. The van der Waals surface area contributed by atoms with Crippen LogP contribution in [-0.4, -0.2) is 34.5 Å². The predicted molar refractivity (Wildman–Crippen MR) is 57.0 cm³/mol. The summed E-state index contributed by atoms with van der Waals surface area (Å²) in [7, 11) is 0. The summed E-state index contributed by atoms with van der Waals surface area (Å²) >= 11 is 1.92. The zero-order valence-corrected chi connectivity index (χ0v) is 8.42. The molecule has 0 unspecified atom stereocenters. The van der Waals surface area contributed by atoms with E-state index in [4.69, 9.17) is 0 Å². The van der Waals surface area contributed by atoms with Crippen molar-refractivity contribution < 1.29 is 4.92 Å². The van der Waals surface area contributed by atoms with E-state index in [0.717, 1.165) is 30.3 Å². The molecule has 5 nitrogen and oxygen atoms in total. The maximum Gasteiger partial charge on any atom is 0.322 e. The number of hydrogen-bond acceptors (Lipinski definition) is 4. The molecule has 0 amide bonds. The maximum atomic E-state index is 10.4. The minimum Gasteiger partial charge on any atom is -0.367 e. The van der Waals surface area contributed by atoms with Crippen LogP contribution in [0.5, 0.6) is 0 Å². The molecule has 2 heterocycles. The van der Waals surface area contributed by atoms with E-state index in [1.165, 1.54) is 0 Å². The van der Waals surface area contributed by atoms with E-state index >= 15 is 0 Å². The smallest absolute Gasteiger partial charge is 0.322 e. The maximum absolute atomic E-state index is 10.4. The molecule has 14 heavy (non-hydrogen) atoms. The summed E-state index contributed by atoms with van der Waals surface area (Å²) in [5.41, 5.74) is 0.928. The Morgan fingerprint density at radius 1 is 1.50 bits per heavy atom. The van der Waals surface area contributed by atoms with Gasteiger partial charge in [0, 0.05) is 24.6 Å². The van der Waals surface area contributed by atoms with Crippen LogP contribution in [-0.2, 0) is 0 Å². The number of rotatable bonds is 2. The summed E-state index contributed by atoms with van der Waals surface area (Å²) in [5.74, 6) is 2.26. The topological polar surface area (TPSA) is 62.2 Å². The number of aromatic amines is 1. The van der Waals surface area contributed by atoms with Gasteiger partial charge in [0.25, 0.3) is 0 Å². The van der Waals surface area contributed by atoms with E-state index < -0.39 is 4.92 Å². The highest BCUT2D eigenvalue weighted by Gasteiger charge is 2.15. The molecule has 0 atom stereocenters. The van der Waals surface area contributed by atoms with Crippen molar-refractivity contribution in [2.24, 2.45) is 0 Å². The van der Waals surface area contributed by atoms with Crippen LogP contribution in [0.15, 0.2) is 12.3 Å². The van der Waals surface area contributed by atoms with Gasteiger partial charge >= 0.3 is 5.82 Å². The van der Waals surface area contributed by atoms with Gasteiger partial charge in [0.15, 0.2) is 0 Å². The SMILES string of the molecule is O=[N+]([O-])c1cc(N2CCSCC2)c[nH]1. The summed E-state index contributed by atoms with van der Waals surface area (Å²) in [6.45, 7) is 1.94. The van der Waals surface area contributed by atoms with Gasteiger partial charge in [0.1, 0.15) is 6.20 Å². The van der Waals surface area contributed by atoms with Gasteiger partial charge in [-0.15, -0.1) is 0 Å². The Morgan fingerprint density at radius 3 is 2.79 bits per heavy atom. The number of thioether (sulfide) groups is 1. The Morgan fingerprint density at radius 2 is 2.21 bits per heavy atom. The lowest BCUT2D eigenvalue weighted by molar-refractivity contribution is -0.389. The van der Waals surface area contributed by atoms with Crippen LogP contribution >= 0.6 is 11.8 Å². The van der Waals surface area contributed by atoms with Crippen molar-refractivity contribution >= 4 is 23.3 Å². The van der Waals surface area contributed by atoms with Gasteiger partial charge in [-0.05, 0) is 4.92 Å². The summed E-state index contributed by atoms with van der Waals surface area (Å²) < 4.78 is 0. The summed E-state index contributed by atoms with van der Waals surface area (Å²) in [4.78, 5) is 14.9. The lowest BCUT2D eigenvalue weighted by Crippen LogP contribution is -2.31. The Labute approximate surface area is 85.6 Å². The lowest BCUT2D eigenvalue weighted by Gasteiger charge is -2.26. The molecule has 76 valence electrons. The van der Waals surface area contributed by atoms with E-state index in [9.17, 15) is 10.1 Å². The summed E-state index contributed by atoms with van der Waals surface area (Å²) in [5, 5.41) is 10.4. The van der Waals surface area contributed by atoms with Gasteiger partial charge in [0.2, 0.25) is 0 Å². The molecule has 0 aromatic carbocycles. The van der Waals surface area contributed by atoms with Crippen LogP contribution in [0, 0.1) is 10.1 Å². The fourth-order valence-electron chi connectivity index (χ4n) is 1.48. The molecule has 1 aliphatic rings. The molecule has 6 heteroatoms. The molecule has 2 rings (SSSR count). The van der Waals surface area contributed by atoms with Gasteiger partial charge in [-0.2, -0.15) is 11.8 Å². The molecular formula is C8H11N3O2S. The van der Waals surface area contributed by atoms with Gasteiger partial charge < -0.3 is 15.0 Å². The van der Waals surface area contributed by atoms with Crippen molar-refractivity contribution in [2.45, 2.75) is 0 Å². The molecule has 1 aliphatic heterocycles. The molecule has 0 spiro atoms. The highest BCUT2D eigenvalue weighted by Crippen LogP contribution is 2.23. The van der Waals surface area contributed by atoms with Crippen LogP contribution in [0.2, 0.25) is 0 Å². The molecule has 0 aliphatic carbocycles. The largest absolute Gasteiger partial charge is 0.367 e. The normalized spacial score (nSPS) is 17.0. The van der Waals surface area contributed by atoms with Crippen molar-refractivity contribution in [1.82, 2.24) is 4.98 Å². The highest BCUT2D eigenvalue weighted by molar-refractivity contribution is 7.99. The molecule has 0 radical (unpaired) electrons. The van der Waals surface area contributed by atoms with Crippen molar-refractivity contribution in [3.8, 4) is 0 Å². The van der Waals surface area contributed by atoms with Gasteiger partial charge in [-0.3, -0.25) is 0 Å². The Kier molecular flexibility index (Phi) is 2.62. The van der Waals surface area contributed by atoms with Gasteiger partial charge in [0.05, 0.1) is 11.8 Å². The van der Waals surface area contributed by atoms with E-state index in [2.05, 4.69) is 9.88 Å². The zero-order valence-electron chi connectivity index (χ0n) is 7.60. The van der Waals surface area contributed by atoms with Gasteiger partial charge in [-0.25, -0.2) is 4.98 Å². The third-order valence-electron chi connectivity index (χ3n) is 2.23. The number of nitro groups is 1. The fourth-order valence-corrected chi connectivity index (χ4v) is 2.38. The molecular weight excluding hydrogens is 202 g/mol. The zero-order chi connectivity index (χ0) is 9.97. The molecule has 0 bridgehead atoms. The van der Waals surface area contributed by atoms with E-state index in [1.54, 1.807) is 12.3 Å². The second kappa shape index (κ2) is 3.91. The quantitative estimate of drug-likeness (QED) is 0.597. The monoisotopic (exact) mass is 213 g/mol. The first-order chi connectivity index (χ1) is 6.77. The van der Waals surface area contributed by atoms with E-state index in [-0.39, 0.29) is 5.82 Å². The number of nitrogens with one attached hydrogen (secondary N) is 1. The van der Waals surface area contributed by atoms with Crippen molar-refractivity contribution in [3.63, 3.8) is 0 Å². The predicted octanol–water partition coefficient (Wildman–Crippen LogP) is 1.48. The first kappa shape index (κ1) is 9.39.